The number of allylic oxidation sites excluding steroid dienone is 1. The third-order valence-corrected chi connectivity index (χ3v) is 6.48. The van der Waals surface area contributed by atoms with Crippen molar-refractivity contribution in [1.29, 1.82) is 0 Å². The predicted octanol–water partition coefficient (Wildman–Crippen LogP) is 6.06. The van der Waals surface area contributed by atoms with Gasteiger partial charge in [-0.25, -0.2) is 0 Å². The van der Waals surface area contributed by atoms with E-state index in [9.17, 15) is 19.8 Å². The fourth-order valence-corrected chi connectivity index (χ4v) is 4.52. The van der Waals surface area contributed by atoms with E-state index in [-0.39, 0.29) is 29.4 Å². The lowest BCUT2D eigenvalue weighted by Gasteiger charge is -2.29. The Balaban J connectivity index is 0.000000226. The summed E-state index contributed by atoms with van der Waals surface area (Å²) >= 11 is 0. The van der Waals surface area contributed by atoms with E-state index in [0.29, 0.717) is 37.5 Å². The molecule has 212 valence electrons. The molecule has 8 nitrogen and oxygen atoms in total. The first-order chi connectivity index (χ1) is 19.2. The topological polar surface area (TPSA) is 106 Å². The van der Waals surface area contributed by atoms with Gasteiger partial charge in [0.15, 0.2) is 0 Å². The largest absolute Gasteiger partial charge is 0.508 e. The van der Waals surface area contributed by atoms with Gasteiger partial charge in [0, 0.05) is 48.7 Å². The number of carbonyl (C=O) groups excluding carboxylic acids is 2. The number of para-hydroxylation sites is 1. The summed E-state index contributed by atoms with van der Waals surface area (Å²) in [7, 11) is 1.58. The molecule has 8 heteroatoms. The molecular weight excluding hydrogens is 510 g/mol. The van der Waals surface area contributed by atoms with Gasteiger partial charge >= 0.3 is 0 Å². The van der Waals surface area contributed by atoms with Gasteiger partial charge in [-0.2, -0.15) is 0 Å². The second-order valence-electron chi connectivity index (χ2n) is 9.30. The standard InChI is InChI=1S/C18H18O4.C14H19NO3/c1-10-14-6-4-13(20)9-17(14)22-11(2)18(10)15-7-5-12(19)8-16(15)21-3;1-3-14(17)15(12(2)16)10-7-11-18-13-8-5-4-6-9-13/h4-9,11,19-20H,1-3H3;4-6,8-9H,3,7,10-11H2,1-2H3/t11-;/m0./s1. The highest BCUT2D eigenvalue weighted by Crippen LogP contribution is 2.44. The molecule has 1 heterocycles. The van der Waals surface area contributed by atoms with E-state index in [1.54, 1.807) is 38.3 Å². The van der Waals surface area contributed by atoms with Crippen molar-refractivity contribution in [2.45, 2.75) is 46.6 Å². The fraction of sp³-hybridized carbons (Fsp3) is 0.312. The maximum absolute atomic E-state index is 11.5. The van der Waals surface area contributed by atoms with E-state index in [2.05, 4.69) is 0 Å². The maximum atomic E-state index is 11.5. The van der Waals surface area contributed by atoms with Crippen LogP contribution in [0.5, 0.6) is 28.7 Å². The summed E-state index contributed by atoms with van der Waals surface area (Å²) in [5.41, 5.74) is 3.91. The van der Waals surface area contributed by atoms with Gasteiger partial charge < -0.3 is 24.4 Å². The summed E-state index contributed by atoms with van der Waals surface area (Å²) in [6, 6.07) is 19.6. The first-order valence-corrected chi connectivity index (χ1v) is 13.2. The minimum atomic E-state index is -0.207. The molecule has 0 saturated carbocycles. The van der Waals surface area contributed by atoms with E-state index < -0.39 is 0 Å². The van der Waals surface area contributed by atoms with Crippen LogP contribution in [0.1, 0.15) is 51.7 Å². The summed E-state index contributed by atoms with van der Waals surface area (Å²) in [6.07, 6.45) is 0.798. The SMILES string of the molecule is CCC(=O)N(CCCOc1ccccc1)C(C)=O.COc1cc(O)ccc1C1=C(C)c2ccc(O)cc2O[C@H]1C. The Labute approximate surface area is 235 Å². The quantitative estimate of drug-likeness (QED) is 0.330. The molecule has 0 aromatic heterocycles. The predicted molar refractivity (Wildman–Crippen MR) is 155 cm³/mol. The average Bonchev–Trinajstić information content (AvgIpc) is 2.93. The van der Waals surface area contributed by atoms with E-state index >= 15 is 0 Å². The number of carbonyl (C=O) groups is 2. The molecule has 0 unspecified atom stereocenters. The number of imide groups is 1. The molecule has 40 heavy (non-hydrogen) atoms. The van der Waals surface area contributed by atoms with Gasteiger partial charge in [-0.1, -0.05) is 25.1 Å². The van der Waals surface area contributed by atoms with Gasteiger partial charge in [-0.15, -0.1) is 0 Å². The van der Waals surface area contributed by atoms with Gasteiger partial charge in [0.05, 0.1) is 13.7 Å². The van der Waals surface area contributed by atoms with Gasteiger partial charge in [-0.05, 0) is 62.2 Å². The van der Waals surface area contributed by atoms with Crippen LogP contribution >= 0.6 is 0 Å². The number of benzene rings is 3. The van der Waals surface area contributed by atoms with Crippen molar-refractivity contribution in [1.82, 2.24) is 4.90 Å². The average molecular weight is 548 g/mol. The number of ether oxygens (including phenoxy) is 3. The Morgan fingerprint density at radius 2 is 1.62 bits per heavy atom. The molecule has 0 fully saturated rings. The zero-order valence-corrected chi connectivity index (χ0v) is 23.6. The van der Waals surface area contributed by atoms with Crippen LogP contribution in [-0.2, 0) is 9.59 Å². The molecule has 2 N–H and O–H groups in total. The van der Waals surface area contributed by atoms with E-state index in [0.717, 1.165) is 28.0 Å². The lowest BCUT2D eigenvalue weighted by molar-refractivity contribution is -0.143. The molecule has 3 aromatic rings. The van der Waals surface area contributed by atoms with Gasteiger partial charge in [0.25, 0.3) is 0 Å². The smallest absolute Gasteiger partial charge is 0.228 e. The van der Waals surface area contributed by atoms with Crippen molar-refractivity contribution in [3.05, 3.63) is 77.9 Å². The number of amides is 2. The molecule has 0 aliphatic carbocycles. The number of aromatic hydroxyl groups is 2. The monoisotopic (exact) mass is 547 g/mol. The second-order valence-corrected chi connectivity index (χ2v) is 9.30. The molecule has 3 aromatic carbocycles. The summed E-state index contributed by atoms with van der Waals surface area (Å²) < 4.78 is 16.8. The van der Waals surface area contributed by atoms with Crippen LogP contribution in [0.2, 0.25) is 0 Å². The number of methoxy groups -OCH3 is 1. The molecular formula is C32H37NO7. The van der Waals surface area contributed by atoms with Crippen LogP contribution in [0.4, 0.5) is 0 Å². The Hall–Kier alpha value is -4.46. The first kappa shape index (κ1) is 30.1. The molecule has 1 aliphatic heterocycles. The number of fused-ring (bicyclic) bond motifs is 1. The molecule has 0 spiro atoms. The Morgan fingerprint density at radius 1 is 0.975 bits per heavy atom. The highest BCUT2D eigenvalue weighted by atomic mass is 16.5. The molecule has 1 aliphatic rings. The number of phenols is 2. The van der Waals surface area contributed by atoms with Crippen molar-refractivity contribution < 1.29 is 34.0 Å². The molecule has 1 atom stereocenters. The molecule has 0 radical (unpaired) electrons. The third kappa shape index (κ3) is 7.56. The van der Waals surface area contributed by atoms with Gasteiger partial charge in [0.1, 0.15) is 34.9 Å². The third-order valence-electron chi connectivity index (χ3n) is 6.48. The normalized spacial score (nSPS) is 13.8. The Kier molecular flexibility index (Phi) is 10.6. The maximum Gasteiger partial charge on any atom is 0.228 e. The van der Waals surface area contributed by atoms with Crippen molar-refractivity contribution in [3.63, 3.8) is 0 Å². The molecule has 2 amide bonds. The molecule has 4 rings (SSSR count). The summed E-state index contributed by atoms with van der Waals surface area (Å²) in [5, 5.41) is 19.2. The van der Waals surface area contributed by atoms with Crippen molar-refractivity contribution in [3.8, 4) is 28.7 Å². The van der Waals surface area contributed by atoms with Crippen molar-refractivity contribution in [2.24, 2.45) is 0 Å². The summed E-state index contributed by atoms with van der Waals surface area (Å²) in [6.45, 7) is 8.04. The van der Waals surface area contributed by atoms with Crippen molar-refractivity contribution in [2.75, 3.05) is 20.3 Å². The Morgan fingerprint density at radius 3 is 2.25 bits per heavy atom. The van der Waals surface area contributed by atoms with Crippen LogP contribution in [0, 0.1) is 0 Å². The minimum Gasteiger partial charge on any atom is -0.508 e. The van der Waals surface area contributed by atoms with Crippen LogP contribution < -0.4 is 14.2 Å². The number of rotatable bonds is 8. The van der Waals surface area contributed by atoms with E-state index in [1.807, 2.05) is 56.3 Å². The highest BCUT2D eigenvalue weighted by molar-refractivity contribution is 5.96. The number of hydrogen-bond acceptors (Lipinski definition) is 7. The van der Waals surface area contributed by atoms with Gasteiger partial charge in [0.2, 0.25) is 11.8 Å². The van der Waals surface area contributed by atoms with Crippen LogP contribution in [0.15, 0.2) is 66.7 Å². The fourth-order valence-electron chi connectivity index (χ4n) is 4.52. The zero-order valence-electron chi connectivity index (χ0n) is 23.6. The number of nitrogens with zero attached hydrogens (tertiary/aromatic N) is 1. The molecule has 0 bridgehead atoms. The van der Waals surface area contributed by atoms with E-state index in [1.165, 1.54) is 11.8 Å². The van der Waals surface area contributed by atoms with Crippen LogP contribution in [0.25, 0.3) is 11.1 Å². The lowest BCUT2D eigenvalue weighted by atomic mass is 9.89. The zero-order chi connectivity index (χ0) is 29.2. The number of hydrogen-bond donors (Lipinski definition) is 2. The highest BCUT2D eigenvalue weighted by Gasteiger charge is 2.27. The summed E-state index contributed by atoms with van der Waals surface area (Å²) in [4.78, 5) is 24.0. The number of phenolic OH excluding ortho intramolecular Hbond substituents is 2. The Bertz CT molecular complexity index is 1350. The van der Waals surface area contributed by atoms with Crippen molar-refractivity contribution >= 4 is 23.0 Å². The lowest BCUT2D eigenvalue weighted by Crippen LogP contribution is -2.36. The summed E-state index contributed by atoms with van der Waals surface area (Å²) in [5.74, 6) is 2.08. The van der Waals surface area contributed by atoms with E-state index in [4.69, 9.17) is 14.2 Å². The molecule has 0 saturated heterocycles. The van der Waals surface area contributed by atoms with Crippen LogP contribution in [-0.4, -0.2) is 53.3 Å². The first-order valence-electron chi connectivity index (χ1n) is 13.2. The second kappa shape index (κ2) is 14.1. The van der Waals surface area contributed by atoms with Gasteiger partial charge in [-0.3, -0.25) is 14.5 Å². The van der Waals surface area contributed by atoms with Crippen LogP contribution in [0.3, 0.4) is 0 Å². The minimum absolute atomic E-state index is 0.137.